The summed E-state index contributed by atoms with van der Waals surface area (Å²) in [7, 11) is 0. The molecule has 4 nitrogen and oxygen atoms in total. The molecule has 0 bridgehead atoms. The summed E-state index contributed by atoms with van der Waals surface area (Å²) < 4.78 is 7.23. The molecule has 12 rings (SSSR count). The normalized spacial score (nSPS) is 11.9. The van der Waals surface area contributed by atoms with E-state index in [2.05, 4.69) is 203 Å². The van der Waals surface area contributed by atoms with Gasteiger partial charge >= 0.3 is 0 Å². The summed E-state index contributed by atoms with van der Waals surface area (Å²) in [6.07, 6.45) is 0. The van der Waals surface area contributed by atoms with Crippen molar-refractivity contribution in [1.82, 2.24) is 19.1 Å². The van der Waals surface area contributed by atoms with Crippen molar-refractivity contribution in [3.63, 3.8) is 0 Å². The lowest BCUT2D eigenvalue weighted by molar-refractivity contribution is 1.05. The summed E-state index contributed by atoms with van der Waals surface area (Å²) in [5.41, 5.74) is 11.0. The minimum Gasteiger partial charge on any atom is -0.309 e. The predicted octanol–water partition coefficient (Wildman–Crippen LogP) is 14.0. The molecule has 0 saturated heterocycles. The van der Waals surface area contributed by atoms with Crippen LogP contribution in [0, 0.1) is 0 Å². The first-order chi connectivity index (χ1) is 28.3. The van der Waals surface area contributed by atoms with Crippen LogP contribution in [0.25, 0.3) is 109 Å². The van der Waals surface area contributed by atoms with Gasteiger partial charge in [-0.1, -0.05) is 140 Å². The Morgan fingerprint density at radius 1 is 0.368 bits per heavy atom. The molecule has 0 unspecified atom stereocenters. The molecule has 266 valence electrons. The van der Waals surface area contributed by atoms with Crippen LogP contribution in [0.5, 0.6) is 0 Å². The molecule has 0 fully saturated rings. The van der Waals surface area contributed by atoms with E-state index in [1.807, 2.05) is 11.3 Å². The average Bonchev–Trinajstić information content (AvgIpc) is 3.93. The molecule has 0 aliphatic rings. The number of rotatable bonds is 5. The van der Waals surface area contributed by atoms with Gasteiger partial charge in [-0.2, -0.15) is 0 Å². The van der Waals surface area contributed by atoms with E-state index in [0.717, 1.165) is 50.5 Å². The van der Waals surface area contributed by atoms with Crippen LogP contribution < -0.4 is 0 Å². The fraction of sp³-hybridized carbons (Fsp3) is 0. The van der Waals surface area contributed by atoms with Crippen molar-refractivity contribution in [2.24, 2.45) is 0 Å². The fourth-order valence-electron chi connectivity index (χ4n) is 8.77. The Morgan fingerprint density at radius 3 is 1.72 bits per heavy atom. The maximum absolute atomic E-state index is 5.47. The second-order valence-corrected chi connectivity index (χ2v) is 15.6. The molecule has 4 aromatic heterocycles. The number of nitrogens with zero attached hydrogens (tertiary/aromatic N) is 4. The molecule has 8 aromatic carbocycles. The van der Waals surface area contributed by atoms with Gasteiger partial charge in [0.25, 0.3) is 0 Å². The molecular formula is C52H32N4S. The summed E-state index contributed by atoms with van der Waals surface area (Å²) in [5, 5.41) is 7.29. The summed E-state index contributed by atoms with van der Waals surface area (Å²) in [6.45, 7) is 0. The SMILES string of the molecule is c1ccc(-c2cccc(-c3nc(-c4cccc5c4sc4ccccc45)cc(-n4c5ccccc5c5cc6c(cc54)c4ccccc4n6-c4ccccc4)n3)c2)cc1. The van der Waals surface area contributed by atoms with Crippen LogP contribution in [-0.4, -0.2) is 19.1 Å². The maximum atomic E-state index is 5.47. The van der Waals surface area contributed by atoms with Crippen LogP contribution in [0.2, 0.25) is 0 Å². The average molecular weight is 745 g/mol. The van der Waals surface area contributed by atoms with E-state index in [0.29, 0.717) is 5.82 Å². The van der Waals surface area contributed by atoms with Gasteiger partial charge in [-0.3, -0.25) is 4.57 Å². The zero-order chi connectivity index (χ0) is 37.5. The van der Waals surface area contributed by atoms with Gasteiger partial charge in [-0.05, 0) is 59.7 Å². The lowest BCUT2D eigenvalue weighted by atomic mass is 10.0. The minimum atomic E-state index is 0.686. The van der Waals surface area contributed by atoms with Gasteiger partial charge in [0.05, 0.1) is 27.8 Å². The highest BCUT2D eigenvalue weighted by molar-refractivity contribution is 7.26. The van der Waals surface area contributed by atoms with Crippen LogP contribution >= 0.6 is 11.3 Å². The van der Waals surface area contributed by atoms with Crippen LogP contribution in [-0.2, 0) is 0 Å². The van der Waals surface area contributed by atoms with Crippen molar-refractivity contribution < 1.29 is 0 Å². The number of fused-ring (bicyclic) bond motifs is 9. The Hall–Kier alpha value is -7.34. The Kier molecular flexibility index (Phi) is 7.06. The zero-order valence-electron chi connectivity index (χ0n) is 30.7. The number of para-hydroxylation sites is 3. The quantitative estimate of drug-likeness (QED) is 0.176. The molecule has 57 heavy (non-hydrogen) atoms. The van der Waals surface area contributed by atoms with Gasteiger partial charge in [0, 0.05) is 64.6 Å². The molecule has 0 aliphatic carbocycles. The molecule has 12 aromatic rings. The molecule has 0 N–H and O–H groups in total. The van der Waals surface area contributed by atoms with Crippen LogP contribution in [0.1, 0.15) is 0 Å². The maximum Gasteiger partial charge on any atom is 0.162 e. The summed E-state index contributed by atoms with van der Waals surface area (Å²) in [5.74, 6) is 1.52. The van der Waals surface area contributed by atoms with Gasteiger partial charge in [0.2, 0.25) is 0 Å². The number of aromatic nitrogens is 4. The van der Waals surface area contributed by atoms with E-state index >= 15 is 0 Å². The third-order valence-electron chi connectivity index (χ3n) is 11.3. The molecule has 0 spiro atoms. The van der Waals surface area contributed by atoms with E-state index in [4.69, 9.17) is 9.97 Å². The number of benzene rings is 8. The third kappa shape index (κ3) is 4.99. The Balaban J connectivity index is 1.17. The molecule has 0 radical (unpaired) electrons. The first kappa shape index (κ1) is 32.0. The van der Waals surface area contributed by atoms with E-state index in [-0.39, 0.29) is 0 Å². The van der Waals surface area contributed by atoms with Crippen molar-refractivity contribution in [2.75, 3.05) is 0 Å². The Labute approximate surface area is 332 Å². The van der Waals surface area contributed by atoms with Gasteiger partial charge in [-0.25, -0.2) is 9.97 Å². The largest absolute Gasteiger partial charge is 0.309 e. The lowest BCUT2D eigenvalue weighted by Gasteiger charge is -2.13. The number of hydrogen-bond donors (Lipinski definition) is 0. The molecule has 0 atom stereocenters. The lowest BCUT2D eigenvalue weighted by Crippen LogP contribution is -2.02. The molecule has 0 aliphatic heterocycles. The van der Waals surface area contributed by atoms with Crippen molar-refractivity contribution in [2.45, 2.75) is 0 Å². The number of hydrogen-bond acceptors (Lipinski definition) is 3. The highest BCUT2D eigenvalue weighted by atomic mass is 32.1. The van der Waals surface area contributed by atoms with Crippen molar-refractivity contribution in [3.05, 3.63) is 194 Å². The van der Waals surface area contributed by atoms with E-state index in [1.165, 1.54) is 52.8 Å². The van der Waals surface area contributed by atoms with Crippen molar-refractivity contribution >= 4 is 75.1 Å². The predicted molar refractivity (Wildman–Crippen MR) is 240 cm³/mol. The summed E-state index contributed by atoms with van der Waals surface area (Å²) >= 11 is 1.83. The molecule has 5 heteroatoms. The second kappa shape index (κ2) is 12.6. The van der Waals surface area contributed by atoms with Gasteiger partial charge in [0.1, 0.15) is 5.82 Å². The highest BCUT2D eigenvalue weighted by Crippen LogP contribution is 2.42. The van der Waals surface area contributed by atoms with Crippen LogP contribution in [0.15, 0.2) is 194 Å². The first-order valence-corrected chi connectivity index (χ1v) is 20.1. The smallest absolute Gasteiger partial charge is 0.162 e. The van der Waals surface area contributed by atoms with Crippen LogP contribution in [0.3, 0.4) is 0 Å². The van der Waals surface area contributed by atoms with E-state index in [1.54, 1.807) is 0 Å². The summed E-state index contributed by atoms with van der Waals surface area (Å²) in [6, 6.07) is 69.5. The highest BCUT2D eigenvalue weighted by Gasteiger charge is 2.21. The van der Waals surface area contributed by atoms with Crippen LogP contribution in [0.4, 0.5) is 0 Å². The second-order valence-electron chi connectivity index (χ2n) is 14.6. The van der Waals surface area contributed by atoms with Gasteiger partial charge in [0.15, 0.2) is 5.82 Å². The van der Waals surface area contributed by atoms with Crippen molar-refractivity contribution in [3.8, 4) is 45.3 Å². The summed E-state index contributed by atoms with van der Waals surface area (Å²) in [4.78, 5) is 10.9. The Bertz CT molecular complexity index is 3520. The zero-order valence-corrected chi connectivity index (χ0v) is 31.5. The van der Waals surface area contributed by atoms with Gasteiger partial charge in [-0.15, -0.1) is 11.3 Å². The van der Waals surface area contributed by atoms with E-state index in [9.17, 15) is 0 Å². The van der Waals surface area contributed by atoms with E-state index < -0.39 is 0 Å². The molecule has 0 amide bonds. The monoisotopic (exact) mass is 744 g/mol. The Morgan fingerprint density at radius 2 is 0.947 bits per heavy atom. The number of thiophene rings is 1. The standard InChI is InChI=1S/C52H32N4S/c1-3-15-33(16-4-1)34-17-13-18-35(29-34)52-53-44(41-25-14-24-40-39-23-9-12-28-49(39)57-51(40)41)32-50(54-52)56-46-27-11-8-22-38(46)43-30-47-42(31-48(43)56)37-21-7-10-26-45(37)55(47)36-19-5-2-6-20-36/h1-32H. The third-order valence-corrected chi connectivity index (χ3v) is 12.6. The minimum absolute atomic E-state index is 0.686. The molecule has 0 saturated carbocycles. The van der Waals surface area contributed by atoms with Gasteiger partial charge < -0.3 is 4.57 Å². The first-order valence-electron chi connectivity index (χ1n) is 19.2. The topological polar surface area (TPSA) is 35.6 Å². The molecular weight excluding hydrogens is 713 g/mol. The fourth-order valence-corrected chi connectivity index (χ4v) is 9.99. The molecule has 4 heterocycles. The van der Waals surface area contributed by atoms with Crippen molar-refractivity contribution in [1.29, 1.82) is 0 Å².